The van der Waals surface area contributed by atoms with Gasteiger partial charge in [0.1, 0.15) is 11.4 Å². The number of ether oxygens (including phenoxy) is 1. The summed E-state index contributed by atoms with van der Waals surface area (Å²) in [6.07, 6.45) is 16.0. The molecule has 0 heterocycles. The molecule has 3 unspecified atom stereocenters. The second-order valence-electron chi connectivity index (χ2n) is 10.8. The molecular weight excluding hydrogens is 516 g/mol. The molecular formula is C31H52O7S. The van der Waals surface area contributed by atoms with Crippen molar-refractivity contribution in [3.63, 3.8) is 0 Å². The Kier molecular flexibility index (Phi) is 18.0. The van der Waals surface area contributed by atoms with E-state index in [0.717, 1.165) is 51.4 Å². The quantitative estimate of drug-likeness (QED) is 0.0772. The van der Waals surface area contributed by atoms with Crippen LogP contribution < -0.4 is 0 Å². The lowest BCUT2D eigenvalue weighted by molar-refractivity contribution is 0.00742. The molecule has 2 N–H and O–H groups in total. The maximum atomic E-state index is 13.2. The predicted octanol–water partition coefficient (Wildman–Crippen LogP) is 8.47. The third-order valence-electron chi connectivity index (χ3n) is 7.59. The summed E-state index contributed by atoms with van der Waals surface area (Å²) in [4.78, 5) is 24.9. The average Bonchev–Trinajstić information content (AvgIpc) is 2.89. The Morgan fingerprint density at radius 1 is 0.744 bits per heavy atom. The van der Waals surface area contributed by atoms with Crippen molar-refractivity contribution in [1.29, 1.82) is 0 Å². The fraction of sp³-hybridized carbons (Fsp3) is 0.742. The number of aromatic carboxylic acids is 1. The number of esters is 1. The van der Waals surface area contributed by atoms with Crippen LogP contribution in [0.4, 0.5) is 0 Å². The number of unbranched alkanes of at least 4 members (excludes halogenated alkanes) is 12. The van der Waals surface area contributed by atoms with Gasteiger partial charge in [-0.1, -0.05) is 123 Å². The molecule has 0 spiro atoms. The number of hydrogen-bond donors (Lipinski definition) is 2. The number of benzene rings is 1. The summed E-state index contributed by atoms with van der Waals surface area (Å²) in [6.45, 7) is 6.02. The van der Waals surface area contributed by atoms with Gasteiger partial charge in [0.05, 0.1) is 11.1 Å². The lowest BCUT2D eigenvalue weighted by Crippen LogP contribution is -2.42. The first-order valence-electron chi connectivity index (χ1n) is 15.2. The molecule has 0 fully saturated rings. The van der Waals surface area contributed by atoms with Gasteiger partial charge in [0, 0.05) is 0 Å². The number of carbonyl (C=O) groups is 2. The van der Waals surface area contributed by atoms with E-state index in [1.165, 1.54) is 56.7 Å². The van der Waals surface area contributed by atoms with Crippen LogP contribution in [0.1, 0.15) is 151 Å². The zero-order valence-corrected chi connectivity index (χ0v) is 25.2. The van der Waals surface area contributed by atoms with Crippen LogP contribution in [0.25, 0.3) is 0 Å². The third kappa shape index (κ3) is 13.8. The first-order valence-corrected chi connectivity index (χ1v) is 16.7. The SMILES string of the molecule is CCCCCCCCCCC(CCCCCCCC)C(OC(=O)c1ccccc1C(=O)O)C(CC)S(=O)(=O)O. The topological polar surface area (TPSA) is 118 Å². The maximum Gasteiger partial charge on any atom is 0.339 e. The fourth-order valence-corrected chi connectivity index (χ4v) is 6.36. The van der Waals surface area contributed by atoms with Gasteiger partial charge in [-0.3, -0.25) is 4.55 Å². The van der Waals surface area contributed by atoms with Crippen molar-refractivity contribution in [1.82, 2.24) is 0 Å². The first kappa shape index (κ1) is 35.1. The molecule has 8 heteroatoms. The normalized spacial score (nSPS) is 14.1. The zero-order chi connectivity index (χ0) is 29.1. The second kappa shape index (κ2) is 20.0. The van der Waals surface area contributed by atoms with E-state index in [9.17, 15) is 27.7 Å². The van der Waals surface area contributed by atoms with Crippen molar-refractivity contribution in [2.75, 3.05) is 0 Å². The van der Waals surface area contributed by atoms with Crippen LogP contribution in [-0.2, 0) is 14.9 Å². The van der Waals surface area contributed by atoms with Gasteiger partial charge in [0.15, 0.2) is 0 Å². The molecule has 39 heavy (non-hydrogen) atoms. The Labute approximate surface area is 236 Å². The summed E-state index contributed by atoms with van der Waals surface area (Å²) in [7, 11) is -4.50. The van der Waals surface area contributed by atoms with Crippen LogP contribution in [0.15, 0.2) is 24.3 Å². The van der Waals surface area contributed by atoms with Crippen molar-refractivity contribution in [3.8, 4) is 0 Å². The second-order valence-corrected chi connectivity index (χ2v) is 12.4. The number of carboxylic acid groups (broad SMARTS) is 1. The Balaban J connectivity index is 3.10. The van der Waals surface area contributed by atoms with Crippen LogP contribution in [0, 0.1) is 5.92 Å². The standard InChI is InChI=1S/C31H52O7S/c1-4-7-9-11-13-14-16-18-22-25(21-17-15-12-10-8-5-2)29(28(6-3)39(35,36)37)38-31(34)27-24-20-19-23-26(27)30(32)33/h19-20,23-25,28-29H,4-18,21-22H2,1-3H3,(H,32,33)(H,35,36,37). The van der Waals surface area contributed by atoms with Crippen LogP contribution >= 0.6 is 0 Å². The van der Waals surface area contributed by atoms with E-state index in [2.05, 4.69) is 13.8 Å². The highest BCUT2D eigenvalue weighted by Gasteiger charge is 2.39. The summed E-state index contributed by atoms with van der Waals surface area (Å²) < 4.78 is 40.8. The van der Waals surface area contributed by atoms with Gasteiger partial charge in [-0.25, -0.2) is 9.59 Å². The van der Waals surface area contributed by atoms with Crippen molar-refractivity contribution in [2.24, 2.45) is 5.92 Å². The Hall–Kier alpha value is -1.93. The monoisotopic (exact) mass is 568 g/mol. The lowest BCUT2D eigenvalue weighted by Gasteiger charge is -2.32. The minimum absolute atomic E-state index is 0.0851. The van der Waals surface area contributed by atoms with E-state index < -0.39 is 33.4 Å². The van der Waals surface area contributed by atoms with Gasteiger partial charge in [-0.2, -0.15) is 8.42 Å². The van der Waals surface area contributed by atoms with E-state index in [0.29, 0.717) is 12.8 Å². The molecule has 7 nitrogen and oxygen atoms in total. The van der Waals surface area contributed by atoms with E-state index in [1.54, 1.807) is 13.0 Å². The average molecular weight is 569 g/mol. The summed E-state index contributed by atoms with van der Waals surface area (Å²) in [6, 6.07) is 5.77. The minimum atomic E-state index is -4.50. The predicted molar refractivity (Wildman–Crippen MR) is 157 cm³/mol. The highest BCUT2D eigenvalue weighted by Crippen LogP contribution is 2.31. The smallest absolute Gasteiger partial charge is 0.339 e. The van der Waals surface area contributed by atoms with Crippen LogP contribution in [0.3, 0.4) is 0 Å². The third-order valence-corrected chi connectivity index (χ3v) is 8.96. The van der Waals surface area contributed by atoms with E-state index in [-0.39, 0.29) is 23.5 Å². The van der Waals surface area contributed by atoms with E-state index >= 15 is 0 Å². The molecule has 224 valence electrons. The Bertz CT molecular complexity index is 929. The summed E-state index contributed by atoms with van der Waals surface area (Å²) in [5.41, 5.74) is -0.317. The molecule has 0 aliphatic heterocycles. The van der Waals surface area contributed by atoms with Crippen molar-refractivity contribution >= 4 is 22.1 Å². The van der Waals surface area contributed by atoms with Crippen molar-refractivity contribution in [3.05, 3.63) is 35.4 Å². The molecule has 0 saturated carbocycles. The number of rotatable bonds is 23. The highest BCUT2D eigenvalue weighted by molar-refractivity contribution is 7.86. The van der Waals surface area contributed by atoms with Gasteiger partial charge in [0.2, 0.25) is 0 Å². The number of carbonyl (C=O) groups excluding carboxylic acids is 1. The van der Waals surface area contributed by atoms with Gasteiger partial charge < -0.3 is 9.84 Å². The van der Waals surface area contributed by atoms with Crippen LogP contribution in [0.2, 0.25) is 0 Å². The van der Waals surface area contributed by atoms with Crippen molar-refractivity contribution < 1.29 is 32.4 Å². The maximum absolute atomic E-state index is 13.2. The molecule has 1 rings (SSSR count). The molecule has 3 atom stereocenters. The molecule has 0 aromatic heterocycles. The number of carboxylic acids is 1. The largest absolute Gasteiger partial charge is 0.478 e. The molecule has 0 amide bonds. The van der Waals surface area contributed by atoms with Gasteiger partial charge >= 0.3 is 11.9 Å². The minimum Gasteiger partial charge on any atom is -0.478 e. The zero-order valence-electron chi connectivity index (χ0n) is 24.4. The summed E-state index contributed by atoms with van der Waals surface area (Å²) >= 11 is 0. The first-order chi connectivity index (χ1) is 18.7. The number of hydrogen-bond acceptors (Lipinski definition) is 5. The van der Waals surface area contributed by atoms with Crippen LogP contribution in [-0.4, -0.2) is 41.4 Å². The molecule has 0 aliphatic carbocycles. The Morgan fingerprint density at radius 3 is 1.59 bits per heavy atom. The van der Waals surface area contributed by atoms with Crippen molar-refractivity contribution in [2.45, 2.75) is 141 Å². The van der Waals surface area contributed by atoms with Gasteiger partial charge in [-0.15, -0.1) is 0 Å². The van der Waals surface area contributed by atoms with Crippen LogP contribution in [0.5, 0.6) is 0 Å². The van der Waals surface area contributed by atoms with Gasteiger partial charge in [0.25, 0.3) is 10.1 Å². The fourth-order valence-electron chi connectivity index (χ4n) is 5.32. The molecule has 0 bridgehead atoms. The Morgan fingerprint density at radius 2 is 1.18 bits per heavy atom. The summed E-state index contributed by atoms with van der Waals surface area (Å²) in [5.74, 6) is -2.38. The molecule has 1 aromatic carbocycles. The van der Waals surface area contributed by atoms with E-state index in [1.807, 2.05) is 0 Å². The molecule has 0 aliphatic rings. The summed E-state index contributed by atoms with van der Waals surface area (Å²) in [5, 5.41) is 8.27. The van der Waals surface area contributed by atoms with E-state index in [4.69, 9.17) is 4.74 Å². The molecule has 0 radical (unpaired) electrons. The lowest BCUT2D eigenvalue weighted by atomic mass is 9.87. The molecule has 1 aromatic rings. The molecule has 0 saturated heterocycles. The van der Waals surface area contributed by atoms with Gasteiger partial charge in [-0.05, 0) is 37.3 Å². The highest BCUT2D eigenvalue weighted by atomic mass is 32.2.